The highest BCUT2D eigenvalue weighted by atomic mass is 16.5. The van der Waals surface area contributed by atoms with Crippen LogP contribution in [0.25, 0.3) is 0 Å². The van der Waals surface area contributed by atoms with Crippen LogP contribution in [0.1, 0.15) is 56.3 Å². The van der Waals surface area contributed by atoms with E-state index >= 15 is 0 Å². The van der Waals surface area contributed by atoms with Crippen molar-refractivity contribution in [2.24, 2.45) is 5.41 Å². The van der Waals surface area contributed by atoms with E-state index in [-0.39, 0.29) is 11.5 Å². The fraction of sp³-hybridized carbons (Fsp3) is 0.625. The van der Waals surface area contributed by atoms with Crippen molar-refractivity contribution in [1.82, 2.24) is 0 Å². The predicted octanol–water partition coefficient (Wildman–Crippen LogP) is 3.63. The average Bonchev–Trinajstić information content (AvgIpc) is 3.06. The monoisotopic (exact) mass is 246 g/mol. The average molecular weight is 246 g/mol. The third kappa shape index (κ3) is 1.74. The highest BCUT2D eigenvalue weighted by Crippen LogP contribution is 2.52. The Hall–Kier alpha value is -1.02. The van der Waals surface area contributed by atoms with Gasteiger partial charge in [-0.25, -0.2) is 0 Å². The first-order valence-electron chi connectivity index (χ1n) is 7.19. The maximum Gasteiger partial charge on any atom is 0.128 e. The minimum absolute atomic E-state index is 0.0844. The molecule has 1 fully saturated rings. The molecule has 1 heterocycles. The second-order valence-corrected chi connectivity index (χ2v) is 5.76. The van der Waals surface area contributed by atoms with Crippen LogP contribution in [0.4, 0.5) is 0 Å². The summed E-state index contributed by atoms with van der Waals surface area (Å²) < 4.78 is 5.74. The van der Waals surface area contributed by atoms with E-state index in [2.05, 4.69) is 19.1 Å². The summed E-state index contributed by atoms with van der Waals surface area (Å²) in [5, 5.41) is 10.9. The zero-order valence-electron chi connectivity index (χ0n) is 11.1. The molecule has 3 rings (SSSR count). The van der Waals surface area contributed by atoms with E-state index in [0.29, 0.717) is 0 Å². The third-order valence-corrected chi connectivity index (χ3v) is 4.92. The van der Waals surface area contributed by atoms with E-state index in [9.17, 15) is 5.11 Å². The Bertz CT molecular complexity index is 433. The molecule has 0 spiro atoms. The Morgan fingerprint density at radius 2 is 2.11 bits per heavy atom. The molecule has 0 bridgehead atoms. The Morgan fingerprint density at radius 1 is 1.33 bits per heavy atom. The molecule has 2 aliphatic rings. The van der Waals surface area contributed by atoms with Crippen LogP contribution < -0.4 is 4.74 Å². The molecule has 0 radical (unpaired) electrons. The number of hydrogen-bond acceptors (Lipinski definition) is 2. The van der Waals surface area contributed by atoms with Gasteiger partial charge in [-0.05, 0) is 24.8 Å². The standard InChI is InChI=1S/C16H22O2/c1-2-16(9-3-4-10-16)15(17)13-7-5-6-12-8-11-18-14(12)13/h5-7,15,17H,2-4,8-11H2,1H3. The van der Waals surface area contributed by atoms with Gasteiger partial charge in [-0.2, -0.15) is 0 Å². The second-order valence-electron chi connectivity index (χ2n) is 5.76. The summed E-state index contributed by atoms with van der Waals surface area (Å²) >= 11 is 0. The van der Waals surface area contributed by atoms with Crippen LogP contribution in [-0.4, -0.2) is 11.7 Å². The van der Waals surface area contributed by atoms with Crippen molar-refractivity contribution in [1.29, 1.82) is 0 Å². The van der Waals surface area contributed by atoms with Crippen molar-refractivity contribution in [3.05, 3.63) is 29.3 Å². The lowest BCUT2D eigenvalue weighted by atomic mass is 9.75. The molecule has 18 heavy (non-hydrogen) atoms. The van der Waals surface area contributed by atoms with Crippen molar-refractivity contribution in [2.75, 3.05) is 6.61 Å². The lowest BCUT2D eigenvalue weighted by Crippen LogP contribution is -2.25. The third-order valence-electron chi connectivity index (χ3n) is 4.92. The number of para-hydroxylation sites is 1. The van der Waals surface area contributed by atoms with Gasteiger partial charge in [-0.1, -0.05) is 38.0 Å². The van der Waals surface area contributed by atoms with Crippen LogP contribution in [0.5, 0.6) is 5.75 Å². The fourth-order valence-electron chi connectivity index (χ4n) is 3.69. The molecule has 0 aromatic heterocycles. The van der Waals surface area contributed by atoms with E-state index in [1.54, 1.807) is 0 Å². The lowest BCUT2D eigenvalue weighted by Gasteiger charge is -2.34. The van der Waals surface area contributed by atoms with Crippen molar-refractivity contribution >= 4 is 0 Å². The quantitative estimate of drug-likeness (QED) is 0.882. The Balaban J connectivity index is 1.97. The summed E-state index contributed by atoms with van der Waals surface area (Å²) in [5.41, 5.74) is 2.37. The zero-order valence-corrected chi connectivity index (χ0v) is 11.1. The van der Waals surface area contributed by atoms with Crippen molar-refractivity contribution < 1.29 is 9.84 Å². The van der Waals surface area contributed by atoms with E-state index in [1.807, 2.05) is 6.07 Å². The molecule has 1 aromatic carbocycles. The first kappa shape index (κ1) is 12.0. The summed E-state index contributed by atoms with van der Waals surface area (Å²) in [5.74, 6) is 0.963. The molecule has 2 heteroatoms. The molecule has 2 nitrogen and oxygen atoms in total. The zero-order chi connectivity index (χ0) is 12.6. The fourth-order valence-corrected chi connectivity index (χ4v) is 3.69. The smallest absolute Gasteiger partial charge is 0.128 e. The lowest BCUT2D eigenvalue weighted by molar-refractivity contribution is 0.0220. The van der Waals surface area contributed by atoms with Gasteiger partial charge >= 0.3 is 0 Å². The molecule has 1 atom stereocenters. The van der Waals surface area contributed by atoms with Gasteiger partial charge in [0, 0.05) is 17.4 Å². The molecule has 1 saturated carbocycles. The number of benzene rings is 1. The molecule has 0 amide bonds. The molecule has 1 aliphatic carbocycles. The van der Waals surface area contributed by atoms with Crippen molar-refractivity contribution in [2.45, 2.75) is 51.6 Å². The summed E-state index contributed by atoms with van der Waals surface area (Å²) in [6.07, 6.45) is 6.47. The highest BCUT2D eigenvalue weighted by Gasteiger charge is 2.41. The van der Waals surface area contributed by atoms with Gasteiger partial charge in [0.25, 0.3) is 0 Å². The van der Waals surface area contributed by atoms with Gasteiger partial charge in [0.2, 0.25) is 0 Å². The van der Waals surface area contributed by atoms with Crippen LogP contribution in [0, 0.1) is 5.41 Å². The maximum atomic E-state index is 10.9. The summed E-state index contributed by atoms with van der Waals surface area (Å²) in [7, 11) is 0. The van der Waals surface area contributed by atoms with Crippen LogP contribution in [-0.2, 0) is 6.42 Å². The van der Waals surface area contributed by atoms with Crippen molar-refractivity contribution in [3.8, 4) is 5.75 Å². The molecule has 1 N–H and O–H groups in total. The van der Waals surface area contributed by atoms with Crippen molar-refractivity contribution in [3.63, 3.8) is 0 Å². The summed E-state index contributed by atoms with van der Waals surface area (Å²) in [6, 6.07) is 6.22. The topological polar surface area (TPSA) is 29.5 Å². The van der Waals surface area contributed by atoms with E-state index in [0.717, 1.165) is 43.6 Å². The predicted molar refractivity (Wildman–Crippen MR) is 71.8 cm³/mol. The molecular weight excluding hydrogens is 224 g/mol. The number of rotatable bonds is 3. The first-order chi connectivity index (χ1) is 8.77. The number of aliphatic hydroxyl groups is 1. The molecular formula is C16H22O2. The first-order valence-corrected chi connectivity index (χ1v) is 7.19. The molecule has 98 valence electrons. The molecule has 0 saturated heterocycles. The van der Waals surface area contributed by atoms with Crippen LogP contribution >= 0.6 is 0 Å². The van der Waals surface area contributed by atoms with Crippen LogP contribution in [0.3, 0.4) is 0 Å². The van der Waals surface area contributed by atoms with Crippen LogP contribution in [0.15, 0.2) is 18.2 Å². The molecule has 1 unspecified atom stereocenters. The number of hydrogen-bond donors (Lipinski definition) is 1. The largest absolute Gasteiger partial charge is 0.493 e. The van der Waals surface area contributed by atoms with E-state index < -0.39 is 0 Å². The number of aliphatic hydroxyl groups excluding tert-OH is 1. The van der Waals surface area contributed by atoms with E-state index in [4.69, 9.17) is 4.74 Å². The maximum absolute atomic E-state index is 10.9. The summed E-state index contributed by atoms with van der Waals surface area (Å²) in [6.45, 7) is 2.97. The van der Waals surface area contributed by atoms with Gasteiger partial charge < -0.3 is 9.84 Å². The van der Waals surface area contributed by atoms with Crippen LogP contribution in [0.2, 0.25) is 0 Å². The number of ether oxygens (including phenoxy) is 1. The highest BCUT2D eigenvalue weighted by molar-refractivity contribution is 5.45. The van der Waals surface area contributed by atoms with Gasteiger partial charge in [-0.15, -0.1) is 0 Å². The Labute approximate surface area is 109 Å². The minimum atomic E-state index is -0.363. The molecule has 1 aromatic rings. The van der Waals surface area contributed by atoms with E-state index in [1.165, 1.54) is 18.4 Å². The Kier molecular flexibility index (Phi) is 3.06. The van der Waals surface area contributed by atoms with Gasteiger partial charge in [-0.3, -0.25) is 0 Å². The SMILES string of the molecule is CCC1(C(O)c2cccc3c2OCC3)CCCC1. The second kappa shape index (κ2) is 4.58. The minimum Gasteiger partial charge on any atom is -0.493 e. The Morgan fingerprint density at radius 3 is 2.83 bits per heavy atom. The summed E-state index contributed by atoms with van der Waals surface area (Å²) in [4.78, 5) is 0. The van der Waals surface area contributed by atoms with Gasteiger partial charge in [0.1, 0.15) is 5.75 Å². The normalized spacial score (nSPS) is 22.6. The van der Waals surface area contributed by atoms with Gasteiger partial charge in [0.15, 0.2) is 0 Å². The van der Waals surface area contributed by atoms with Gasteiger partial charge in [0.05, 0.1) is 12.7 Å². The molecule has 1 aliphatic heterocycles. The number of fused-ring (bicyclic) bond motifs is 1.